The van der Waals surface area contributed by atoms with E-state index in [9.17, 15) is 13.2 Å². The van der Waals surface area contributed by atoms with E-state index in [1.807, 2.05) is 5.38 Å². The van der Waals surface area contributed by atoms with E-state index < -0.39 is 16.0 Å². The van der Waals surface area contributed by atoms with Gasteiger partial charge in [-0.15, -0.1) is 4.40 Å². The van der Waals surface area contributed by atoms with Gasteiger partial charge >= 0.3 is 5.97 Å². The largest absolute Gasteiger partial charge is 0.465 e. The molecule has 128 valence electrons. The van der Waals surface area contributed by atoms with Crippen molar-refractivity contribution in [3.63, 3.8) is 0 Å². The second-order valence-corrected chi connectivity index (χ2v) is 7.48. The van der Waals surface area contributed by atoms with Crippen molar-refractivity contribution in [2.75, 3.05) is 26.9 Å². The van der Waals surface area contributed by atoms with E-state index in [2.05, 4.69) is 9.13 Å². The highest BCUT2D eigenvalue weighted by Crippen LogP contribution is 2.36. The quantitative estimate of drug-likeness (QED) is 0.376. The lowest BCUT2D eigenvalue weighted by Crippen LogP contribution is -2.12. The number of methoxy groups -OCH3 is 1. The van der Waals surface area contributed by atoms with Gasteiger partial charge in [-0.25, -0.2) is 4.79 Å². The van der Waals surface area contributed by atoms with Crippen LogP contribution in [-0.2, 0) is 14.8 Å². The molecule has 0 saturated carbocycles. The van der Waals surface area contributed by atoms with Crippen molar-refractivity contribution >= 4 is 39.4 Å². The lowest BCUT2D eigenvalue weighted by molar-refractivity contribution is 0.0600. The number of hydrogen-bond donors (Lipinski definition) is 1. The van der Waals surface area contributed by atoms with Crippen LogP contribution < -0.4 is 5.73 Å². The Hall–Kier alpha value is -2.39. The molecule has 1 heterocycles. The monoisotopic (exact) mass is 367 g/mol. The first kappa shape index (κ1) is 18.0. The molecule has 1 aromatic heterocycles. The molecule has 2 aromatic rings. The van der Waals surface area contributed by atoms with Gasteiger partial charge in [-0.3, -0.25) is 0 Å². The fourth-order valence-electron chi connectivity index (χ4n) is 2.00. The van der Waals surface area contributed by atoms with Crippen LogP contribution in [0.4, 0.5) is 5.69 Å². The van der Waals surface area contributed by atoms with Crippen LogP contribution >= 0.6 is 11.3 Å². The van der Waals surface area contributed by atoms with Gasteiger partial charge in [0.25, 0.3) is 10.0 Å². The molecule has 0 saturated heterocycles. The van der Waals surface area contributed by atoms with E-state index in [1.165, 1.54) is 41.8 Å². The lowest BCUT2D eigenvalue weighted by Gasteiger charge is -2.12. The highest BCUT2D eigenvalue weighted by Gasteiger charge is 2.24. The Labute approximate surface area is 144 Å². The SMILES string of the molecule is COC(=O)c1cc(N)c(-c2ccsc2)c(S(=O)(=O)N=CN(C)C)c1. The van der Waals surface area contributed by atoms with Crippen molar-refractivity contribution in [1.82, 2.24) is 4.90 Å². The summed E-state index contributed by atoms with van der Waals surface area (Å²) in [6, 6.07) is 4.38. The number of anilines is 1. The topological polar surface area (TPSA) is 102 Å². The van der Waals surface area contributed by atoms with Crippen LogP contribution in [0.2, 0.25) is 0 Å². The lowest BCUT2D eigenvalue weighted by atomic mass is 10.0. The molecule has 2 rings (SSSR count). The minimum atomic E-state index is -4.05. The number of rotatable bonds is 5. The number of thiophene rings is 1. The summed E-state index contributed by atoms with van der Waals surface area (Å²) < 4.78 is 33.6. The molecule has 7 nitrogen and oxygen atoms in total. The standard InChI is InChI=1S/C15H17N3O4S2/c1-18(2)9-17-24(20,21)13-7-11(15(19)22-3)6-12(16)14(13)10-4-5-23-8-10/h4-9H,16H2,1-3H3. The zero-order valence-electron chi connectivity index (χ0n) is 13.4. The maximum absolute atomic E-state index is 12.6. The number of nitrogen functional groups attached to an aromatic ring is 1. The molecule has 0 spiro atoms. The van der Waals surface area contributed by atoms with Gasteiger partial charge in [0.15, 0.2) is 0 Å². The Bertz CT molecular complexity index is 872. The zero-order chi connectivity index (χ0) is 17.9. The normalized spacial score (nSPS) is 11.6. The summed E-state index contributed by atoms with van der Waals surface area (Å²) in [5, 5.41) is 3.58. The van der Waals surface area contributed by atoms with Gasteiger partial charge in [-0.2, -0.15) is 19.8 Å². The van der Waals surface area contributed by atoms with E-state index in [-0.39, 0.29) is 16.1 Å². The third kappa shape index (κ3) is 3.74. The van der Waals surface area contributed by atoms with Crippen LogP contribution in [-0.4, -0.2) is 46.8 Å². The van der Waals surface area contributed by atoms with Crippen LogP contribution in [0.25, 0.3) is 11.1 Å². The first-order valence-corrected chi connectivity index (χ1v) is 9.16. The molecular formula is C15H17N3O4S2. The first-order chi connectivity index (χ1) is 11.3. The van der Waals surface area contributed by atoms with Crippen LogP contribution in [0.5, 0.6) is 0 Å². The van der Waals surface area contributed by atoms with Crippen molar-refractivity contribution in [1.29, 1.82) is 0 Å². The van der Waals surface area contributed by atoms with E-state index >= 15 is 0 Å². The number of sulfonamides is 1. The van der Waals surface area contributed by atoms with Crippen LogP contribution in [0.15, 0.2) is 38.3 Å². The number of hydrogen-bond acceptors (Lipinski definition) is 6. The van der Waals surface area contributed by atoms with Gasteiger partial charge in [0.2, 0.25) is 0 Å². The van der Waals surface area contributed by atoms with Gasteiger partial charge in [-0.1, -0.05) is 0 Å². The molecule has 9 heteroatoms. The minimum Gasteiger partial charge on any atom is -0.465 e. The summed E-state index contributed by atoms with van der Waals surface area (Å²) in [5.74, 6) is -0.674. The maximum atomic E-state index is 12.6. The predicted octanol–water partition coefficient (Wildman–Crippen LogP) is 2.06. The summed E-state index contributed by atoms with van der Waals surface area (Å²) in [6.45, 7) is 0. The molecule has 0 amide bonds. The number of nitrogens with two attached hydrogens (primary N) is 1. The molecule has 0 bridgehead atoms. The van der Waals surface area contributed by atoms with E-state index in [0.717, 1.165) is 0 Å². The van der Waals surface area contributed by atoms with Crippen molar-refractivity contribution < 1.29 is 17.9 Å². The summed E-state index contributed by atoms with van der Waals surface area (Å²) >= 11 is 1.41. The average molecular weight is 367 g/mol. The Morgan fingerprint density at radius 2 is 2.08 bits per heavy atom. The molecule has 2 N–H and O–H groups in total. The van der Waals surface area contributed by atoms with Gasteiger partial charge < -0.3 is 15.4 Å². The second kappa shape index (κ2) is 7.02. The molecule has 0 atom stereocenters. The minimum absolute atomic E-state index is 0.0487. The van der Waals surface area contributed by atoms with Crippen molar-refractivity contribution in [3.05, 3.63) is 34.5 Å². The second-order valence-electron chi connectivity index (χ2n) is 5.10. The molecule has 0 radical (unpaired) electrons. The van der Waals surface area contributed by atoms with Crippen molar-refractivity contribution in [2.45, 2.75) is 4.90 Å². The highest BCUT2D eigenvalue weighted by molar-refractivity contribution is 7.90. The highest BCUT2D eigenvalue weighted by atomic mass is 32.2. The zero-order valence-corrected chi connectivity index (χ0v) is 15.0. The molecule has 0 aliphatic carbocycles. The van der Waals surface area contributed by atoms with Crippen molar-refractivity contribution in [3.8, 4) is 11.1 Å². The van der Waals surface area contributed by atoms with Crippen LogP contribution in [0.1, 0.15) is 10.4 Å². The summed E-state index contributed by atoms with van der Waals surface area (Å²) in [6.07, 6.45) is 1.17. The molecular weight excluding hydrogens is 350 g/mol. The number of carbonyl (C=O) groups excluding carboxylic acids is 1. The van der Waals surface area contributed by atoms with Crippen LogP contribution in [0.3, 0.4) is 0 Å². The van der Waals surface area contributed by atoms with E-state index in [4.69, 9.17) is 5.73 Å². The summed E-state index contributed by atoms with van der Waals surface area (Å²) in [4.78, 5) is 13.1. The Balaban J connectivity index is 2.75. The van der Waals surface area contributed by atoms with Gasteiger partial charge in [0.1, 0.15) is 11.2 Å². The van der Waals surface area contributed by atoms with Gasteiger partial charge in [0.05, 0.1) is 12.7 Å². The molecule has 24 heavy (non-hydrogen) atoms. The fraction of sp³-hybridized carbons (Fsp3) is 0.200. The molecule has 0 aliphatic rings. The molecule has 0 fully saturated rings. The van der Waals surface area contributed by atoms with Crippen molar-refractivity contribution in [2.24, 2.45) is 4.40 Å². The van der Waals surface area contributed by atoms with E-state index in [1.54, 1.807) is 25.5 Å². The van der Waals surface area contributed by atoms with E-state index in [0.29, 0.717) is 11.1 Å². The van der Waals surface area contributed by atoms with Gasteiger partial charge in [0, 0.05) is 25.3 Å². The smallest absolute Gasteiger partial charge is 0.337 e. The number of carbonyl (C=O) groups is 1. The Morgan fingerprint density at radius 3 is 2.62 bits per heavy atom. The Kier molecular flexibility index (Phi) is 5.25. The maximum Gasteiger partial charge on any atom is 0.337 e. The number of nitrogens with zero attached hydrogens (tertiary/aromatic N) is 2. The fourth-order valence-corrected chi connectivity index (χ4v) is 3.85. The van der Waals surface area contributed by atoms with Gasteiger partial charge in [-0.05, 0) is 34.5 Å². The number of benzene rings is 1. The number of ether oxygens (including phenoxy) is 1. The molecule has 1 aromatic carbocycles. The third-order valence-electron chi connectivity index (χ3n) is 3.06. The molecule has 0 aliphatic heterocycles. The summed E-state index contributed by atoms with van der Waals surface area (Å²) in [7, 11) is 0.460. The average Bonchev–Trinajstić information content (AvgIpc) is 3.05. The number of esters is 1. The Morgan fingerprint density at radius 1 is 1.38 bits per heavy atom. The van der Waals surface area contributed by atoms with Crippen LogP contribution in [0, 0.1) is 0 Å². The predicted molar refractivity (Wildman–Crippen MR) is 94.9 cm³/mol. The third-order valence-corrected chi connectivity index (χ3v) is 4.99. The molecule has 0 unspecified atom stereocenters. The first-order valence-electron chi connectivity index (χ1n) is 6.77. The summed E-state index contributed by atoms with van der Waals surface area (Å²) in [5.41, 5.74) is 7.20.